The maximum absolute atomic E-state index is 12.9. The van der Waals surface area contributed by atoms with Gasteiger partial charge in [-0.05, 0) is 31.9 Å². The average Bonchev–Trinajstić information content (AvgIpc) is 3.37. The quantitative estimate of drug-likeness (QED) is 0.705. The number of likely N-dealkylation sites (tertiary alicyclic amines) is 1. The van der Waals surface area contributed by atoms with E-state index in [4.69, 9.17) is 9.26 Å². The molecule has 27 heavy (non-hydrogen) atoms. The number of ether oxygens (including phenoxy) is 1. The van der Waals surface area contributed by atoms with E-state index in [1.54, 1.807) is 24.1 Å². The molecule has 1 aliphatic rings. The molecule has 7 nitrogen and oxygen atoms in total. The lowest BCUT2D eigenvalue weighted by molar-refractivity contribution is 0.0709. The van der Waals surface area contributed by atoms with Gasteiger partial charge in [-0.25, -0.2) is 4.98 Å². The molecule has 1 fully saturated rings. The molecule has 1 aliphatic heterocycles. The molecule has 3 aromatic rings. The van der Waals surface area contributed by atoms with Gasteiger partial charge in [0.2, 0.25) is 17.6 Å². The van der Waals surface area contributed by atoms with Crippen LogP contribution in [0, 0.1) is 6.92 Å². The molecule has 0 aliphatic carbocycles. The standard InChI is InChI=1S/C20H20N4O3/c1-13-5-3-6-14(11-13)18-22-19(27-23-18)16-7-4-10-24(16)20(25)15-8-9-17(26-2)21-12-15/h3,5-6,8-9,11-12,16H,4,7,10H2,1-2H3/t16-/m1/s1. The van der Waals surface area contributed by atoms with Crippen LogP contribution in [0.3, 0.4) is 0 Å². The fraction of sp³-hybridized carbons (Fsp3) is 0.300. The topological polar surface area (TPSA) is 81.4 Å². The van der Waals surface area contributed by atoms with Crippen molar-refractivity contribution in [1.82, 2.24) is 20.0 Å². The summed E-state index contributed by atoms with van der Waals surface area (Å²) in [7, 11) is 1.54. The molecule has 2 aromatic heterocycles. The Morgan fingerprint density at radius 2 is 2.19 bits per heavy atom. The Morgan fingerprint density at radius 3 is 2.93 bits per heavy atom. The van der Waals surface area contributed by atoms with Gasteiger partial charge < -0.3 is 14.2 Å². The predicted octanol–water partition coefficient (Wildman–Crippen LogP) is 3.43. The Kier molecular flexibility index (Phi) is 4.58. The Bertz CT molecular complexity index is 952. The lowest BCUT2D eigenvalue weighted by Crippen LogP contribution is -2.30. The average molecular weight is 364 g/mol. The molecule has 0 bridgehead atoms. The largest absolute Gasteiger partial charge is 0.481 e. The Morgan fingerprint density at radius 1 is 1.30 bits per heavy atom. The van der Waals surface area contributed by atoms with Crippen LogP contribution in [0.25, 0.3) is 11.4 Å². The Balaban J connectivity index is 1.57. The van der Waals surface area contributed by atoms with Crippen molar-refractivity contribution in [1.29, 1.82) is 0 Å². The number of amides is 1. The normalized spacial score (nSPS) is 16.5. The van der Waals surface area contributed by atoms with E-state index in [1.807, 2.05) is 31.2 Å². The van der Waals surface area contributed by atoms with Crippen LogP contribution in [0.1, 0.15) is 40.7 Å². The van der Waals surface area contributed by atoms with E-state index in [1.165, 1.54) is 6.20 Å². The molecule has 4 rings (SSSR count). The maximum Gasteiger partial charge on any atom is 0.256 e. The van der Waals surface area contributed by atoms with Gasteiger partial charge in [-0.1, -0.05) is 28.9 Å². The SMILES string of the molecule is COc1ccc(C(=O)N2CCC[C@@H]2c2nc(-c3cccc(C)c3)no2)cn1. The minimum atomic E-state index is -0.217. The molecule has 0 spiro atoms. The summed E-state index contributed by atoms with van der Waals surface area (Å²) in [6, 6.07) is 11.1. The smallest absolute Gasteiger partial charge is 0.256 e. The number of pyridine rings is 1. The number of rotatable bonds is 4. The molecule has 1 atom stereocenters. The zero-order valence-corrected chi connectivity index (χ0v) is 15.3. The van der Waals surface area contributed by atoms with Crippen molar-refractivity contribution in [3.63, 3.8) is 0 Å². The monoisotopic (exact) mass is 364 g/mol. The van der Waals surface area contributed by atoms with Crippen molar-refractivity contribution >= 4 is 5.91 Å². The van der Waals surface area contributed by atoms with Crippen molar-refractivity contribution in [3.05, 3.63) is 59.6 Å². The number of carbonyl (C=O) groups is 1. The highest BCUT2D eigenvalue weighted by molar-refractivity contribution is 5.94. The third-order valence-corrected chi connectivity index (χ3v) is 4.71. The number of aromatic nitrogens is 3. The summed E-state index contributed by atoms with van der Waals surface area (Å²) in [5, 5.41) is 4.11. The second-order valence-corrected chi connectivity index (χ2v) is 6.57. The first-order valence-corrected chi connectivity index (χ1v) is 8.87. The van der Waals surface area contributed by atoms with Crippen LogP contribution in [0.15, 0.2) is 47.1 Å². The van der Waals surface area contributed by atoms with Crippen LogP contribution >= 0.6 is 0 Å². The van der Waals surface area contributed by atoms with E-state index in [0.717, 1.165) is 24.0 Å². The third-order valence-electron chi connectivity index (χ3n) is 4.71. The first-order chi connectivity index (χ1) is 13.2. The molecule has 1 aromatic carbocycles. The van der Waals surface area contributed by atoms with Crippen molar-refractivity contribution in [3.8, 4) is 17.3 Å². The van der Waals surface area contributed by atoms with E-state index in [-0.39, 0.29) is 11.9 Å². The second-order valence-electron chi connectivity index (χ2n) is 6.57. The van der Waals surface area contributed by atoms with Gasteiger partial charge in [-0.2, -0.15) is 4.98 Å². The minimum absolute atomic E-state index is 0.0945. The molecular weight excluding hydrogens is 344 g/mol. The highest BCUT2D eigenvalue weighted by Crippen LogP contribution is 2.33. The van der Waals surface area contributed by atoms with Gasteiger partial charge in [0.15, 0.2) is 0 Å². The van der Waals surface area contributed by atoms with Crippen LogP contribution in [0.5, 0.6) is 5.88 Å². The van der Waals surface area contributed by atoms with E-state index < -0.39 is 0 Å². The Labute approximate surface area is 157 Å². The van der Waals surface area contributed by atoms with Crippen LogP contribution < -0.4 is 4.74 Å². The number of hydrogen-bond donors (Lipinski definition) is 0. The molecule has 0 saturated carbocycles. The van der Waals surface area contributed by atoms with Crippen molar-refractivity contribution < 1.29 is 14.1 Å². The number of methoxy groups -OCH3 is 1. The highest BCUT2D eigenvalue weighted by atomic mass is 16.5. The van der Waals surface area contributed by atoms with Crippen LogP contribution in [0.4, 0.5) is 0 Å². The lowest BCUT2D eigenvalue weighted by atomic mass is 10.1. The van der Waals surface area contributed by atoms with E-state index in [2.05, 4.69) is 15.1 Å². The molecule has 1 saturated heterocycles. The summed E-state index contributed by atoms with van der Waals surface area (Å²) < 4.78 is 10.6. The number of aryl methyl sites for hydroxylation is 1. The molecule has 138 valence electrons. The Hall–Kier alpha value is -3.22. The van der Waals surface area contributed by atoms with Gasteiger partial charge in [-0.15, -0.1) is 0 Å². The fourth-order valence-electron chi connectivity index (χ4n) is 3.33. The van der Waals surface area contributed by atoms with Crippen molar-refractivity contribution in [2.75, 3.05) is 13.7 Å². The molecule has 7 heteroatoms. The predicted molar refractivity (Wildman–Crippen MR) is 98.3 cm³/mol. The molecule has 0 unspecified atom stereocenters. The third kappa shape index (κ3) is 3.40. The molecule has 1 amide bonds. The minimum Gasteiger partial charge on any atom is -0.481 e. The van der Waals surface area contributed by atoms with Gasteiger partial charge in [-0.3, -0.25) is 4.79 Å². The van der Waals surface area contributed by atoms with Gasteiger partial charge in [0.05, 0.1) is 12.7 Å². The number of nitrogens with zero attached hydrogens (tertiary/aromatic N) is 4. The van der Waals surface area contributed by atoms with Gasteiger partial charge >= 0.3 is 0 Å². The summed E-state index contributed by atoms with van der Waals surface area (Å²) in [5.41, 5.74) is 2.55. The summed E-state index contributed by atoms with van der Waals surface area (Å²) in [5.74, 6) is 1.39. The number of carbonyl (C=O) groups excluding carboxylic acids is 1. The molecule has 0 radical (unpaired) electrons. The first kappa shape index (κ1) is 17.2. The van der Waals surface area contributed by atoms with Crippen LogP contribution in [-0.4, -0.2) is 39.6 Å². The van der Waals surface area contributed by atoms with Crippen LogP contribution in [-0.2, 0) is 0 Å². The van der Waals surface area contributed by atoms with Crippen molar-refractivity contribution in [2.24, 2.45) is 0 Å². The van der Waals surface area contributed by atoms with Gasteiger partial charge in [0.25, 0.3) is 5.91 Å². The summed E-state index contributed by atoms with van der Waals surface area (Å²) in [6.45, 7) is 2.67. The van der Waals surface area contributed by atoms with Crippen LogP contribution in [0.2, 0.25) is 0 Å². The first-order valence-electron chi connectivity index (χ1n) is 8.87. The molecular formula is C20H20N4O3. The summed E-state index contributed by atoms with van der Waals surface area (Å²) >= 11 is 0. The maximum atomic E-state index is 12.9. The van der Waals surface area contributed by atoms with Gasteiger partial charge in [0, 0.05) is 24.4 Å². The van der Waals surface area contributed by atoms with Gasteiger partial charge in [0.1, 0.15) is 6.04 Å². The zero-order chi connectivity index (χ0) is 18.8. The van der Waals surface area contributed by atoms with E-state index in [9.17, 15) is 4.79 Å². The van der Waals surface area contributed by atoms with Crippen molar-refractivity contribution in [2.45, 2.75) is 25.8 Å². The van der Waals surface area contributed by atoms with E-state index in [0.29, 0.717) is 29.7 Å². The summed E-state index contributed by atoms with van der Waals surface area (Å²) in [6.07, 6.45) is 3.22. The fourth-order valence-corrected chi connectivity index (χ4v) is 3.33. The highest BCUT2D eigenvalue weighted by Gasteiger charge is 2.34. The second kappa shape index (κ2) is 7.19. The summed E-state index contributed by atoms with van der Waals surface area (Å²) in [4.78, 5) is 23.4. The zero-order valence-electron chi connectivity index (χ0n) is 15.3. The number of hydrogen-bond acceptors (Lipinski definition) is 6. The molecule has 3 heterocycles. The number of benzene rings is 1. The van der Waals surface area contributed by atoms with E-state index >= 15 is 0 Å². The molecule has 0 N–H and O–H groups in total. The lowest BCUT2D eigenvalue weighted by Gasteiger charge is -2.21.